The van der Waals surface area contributed by atoms with Crippen molar-refractivity contribution in [3.05, 3.63) is 42.2 Å². The number of nitrogens with two attached hydrogens (primary N) is 1. The van der Waals surface area contributed by atoms with Crippen LogP contribution in [-0.4, -0.2) is 48.5 Å². The number of fused-ring (bicyclic) bond motifs is 2. The Morgan fingerprint density at radius 3 is 2.73 bits per heavy atom. The summed E-state index contributed by atoms with van der Waals surface area (Å²) in [5.74, 6) is 0.519. The summed E-state index contributed by atoms with van der Waals surface area (Å²) >= 11 is 0. The molecule has 2 amide bonds. The van der Waals surface area contributed by atoms with Crippen LogP contribution in [0, 0.1) is 0 Å². The first kappa shape index (κ1) is 16.3. The minimum Gasteiger partial charge on any atom is -0.494 e. The van der Waals surface area contributed by atoms with Crippen molar-refractivity contribution in [3.63, 3.8) is 0 Å². The van der Waals surface area contributed by atoms with E-state index in [2.05, 4.69) is 9.97 Å². The summed E-state index contributed by atoms with van der Waals surface area (Å²) in [5.41, 5.74) is 6.34. The van der Waals surface area contributed by atoms with Gasteiger partial charge >= 0.3 is 0 Å². The van der Waals surface area contributed by atoms with E-state index in [9.17, 15) is 9.59 Å². The number of ether oxygens (including phenoxy) is 1. The molecule has 0 bridgehead atoms. The number of nitrogens with zero attached hydrogens (tertiary/aromatic N) is 4. The quantitative estimate of drug-likeness (QED) is 0.857. The molecule has 2 aromatic rings. The van der Waals surface area contributed by atoms with Crippen molar-refractivity contribution in [1.82, 2.24) is 9.97 Å². The molecule has 1 saturated heterocycles. The molecule has 4 rings (SSSR count). The van der Waals surface area contributed by atoms with Crippen LogP contribution in [0.25, 0.3) is 0 Å². The van der Waals surface area contributed by atoms with Crippen LogP contribution in [-0.2, 0) is 15.0 Å². The van der Waals surface area contributed by atoms with E-state index >= 15 is 0 Å². The molecule has 0 radical (unpaired) electrons. The number of para-hydroxylation sites is 1. The number of carbonyl (C=O) groups is 2. The van der Waals surface area contributed by atoms with E-state index in [1.165, 1.54) is 4.90 Å². The average Bonchev–Trinajstić information content (AvgIpc) is 3.20. The van der Waals surface area contributed by atoms with Crippen LogP contribution < -0.4 is 20.3 Å². The predicted molar refractivity (Wildman–Crippen MR) is 95.1 cm³/mol. The van der Waals surface area contributed by atoms with Gasteiger partial charge in [0.25, 0.3) is 0 Å². The first-order chi connectivity index (χ1) is 12.5. The van der Waals surface area contributed by atoms with Gasteiger partial charge in [-0.05, 0) is 18.1 Å². The third-order valence-corrected chi connectivity index (χ3v) is 5.08. The van der Waals surface area contributed by atoms with Crippen LogP contribution in [0.2, 0.25) is 0 Å². The maximum absolute atomic E-state index is 13.2. The number of anilines is 2. The summed E-state index contributed by atoms with van der Waals surface area (Å²) in [6, 6.07) is 7.58. The molecular weight excluding hydrogens is 334 g/mol. The standard InChI is InChI=1S/C18H19N5O3/c1-26-12-8-20-17(21-9-12)22-7-6-18(11-22)13-4-2-3-5-14(13)23(16(18)25)10-15(19)24/h2-5,8-9H,6-7,10-11H2,1H3,(H2,19,24). The zero-order chi connectivity index (χ0) is 18.3. The van der Waals surface area contributed by atoms with E-state index in [1.54, 1.807) is 19.5 Å². The molecule has 1 aromatic carbocycles. The molecule has 1 atom stereocenters. The van der Waals surface area contributed by atoms with Gasteiger partial charge in [0.05, 0.1) is 24.9 Å². The summed E-state index contributed by atoms with van der Waals surface area (Å²) < 4.78 is 5.09. The van der Waals surface area contributed by atoms with Crippen LogP contribution in [0.1, 0.15) is 12.0 Å². The van der Waals surface area contributed by atoms with Gasteiger partial charge in [-0.3, -0.25) is 9.59 Å². The lowest BCUT2D eigenvalue weighted by Crippen LogP contribution is -2.45. The summed E-state index contributed by atoms with van der Waals surface area (Å²) in [6.07, 6.45) is 3.85. The third kappa shape index (κ3) is 2.37. The highest BCUT2D eigenvalue weighted by molar-refractivity contribution is 6.11. The average molecular weight is 353 g/mol. The molecular formula is C18H19N5O3. The molecule has 1 unspecified atom stereocenters. The minimum absolute atomic E-state index is 0.0893. The summed E-state index contributed by atoms with van der Waals surface area (Å²) in [7, 11) is 1.56. The van der Waals surface area contributed by atoms with Gasteiger partial charge in [-0.1, -0.05) is 18.2 Å². The summed E-state index contributed by atoms with van der Waals surface area (Å²) in [4.78, 5) is 36.8. The largest absolute Gasteiger partial charge is 0.494 e. The Kier molecular flexibility index (Phi) is 3.75. The molecule has 2 aliphatic rings. The highest BCUT2D eigenvalue weighted by Gasteiger charge is 2.54. The maximum Gasteiger partial charge on any atom is 0.240 e. The fraction of sp³-hybridized carbons (Fsp3) is 0.333. The summed E-state index contributed by atoms with van der Waals surface area (Å²) in [5, 5.41) is 0. The summed E-state index contributed by atoms with van der Waals surface area (Å²) in [6.45, 7) is 0.998. The second-order valence-corrected chi connectivity index (χ2v) is 6.55. The molecule has 8 heteroatoms. The monoisotopic (exact) mass is 353 g/mol. The number of carbonyl (C=O) groups excluding carboxylic acids is 2. The lowest BCUT2D eigenvalue weighted by atomic mass is 9.81. The van der Waals surface area contributed by atoms with Crippen molar-refractivity contribution >= 4 is 23.5 Å². The highest BCUT2D eigenvalue weighted by Crippen LogP contribution is 2.47. The van der Waals surface area contributed by atoms with E-state index in [1.807, 2.05) is 29.2 Å². The van der Waals surface area contributed by atoms with Crippen molar-refractivity contribution in [2.24, 2.45) is 5.73 Å². The second kappa shape index (κ2) is 5.98. The predicted octanol–water partition coefficient (Wildman–Crippen LogP) is 0.465. The fourth-order valence-electron chi connectivity index (χ4n) is 3.86. The number of rotatable bonds is 4. The van der Waals surface area contributed by atoms with Gasteiger partial charge in [0.1, 0.15) is 6.54 Å². The zero-order valence-corrected chi connectivity index (χ0v) is 14.4. The Bertz CT molecular complexity index is 869. The molecule has 8 nitrogen and oxygen atoms in total. The minimum atomic E-state index is -0.699. The molecule has 1 spiro atoms. The maximum atomic E-state index is 13.2. The van der Waals surface area contributed by atoms with Crippen molar-refractivity contribution in [2.75, 3.05) is 36.5 Å². The number of amides is 2. The number of aromatic nitrogens is 2. The Morgan fingerprint density at radius 2 is 2.04 bits per heavy atom. The van der Waals surface area contributed by atoms with Crippen LogP contribution in [0.3, 0.4) is 0 Å². The molecule has 2 N–H and O–H groups in total. The van der Waals surface area contributed by atoms with Gasteiger partial charge in [0.2, 0.25) is 17.8 Å². The van der Waals surface area contributed by atoms with Crippen LogP contribution in [0.5, 0.6) is 5.75 Å². The van der Waals surface area contributed by atoms with Gasteiger partial charge < -0.3 is 20.3 Å². The number of hydrogen-bond donors (Lipinski definition) is 1. The molecule has 0 saturated carbocycles. The number of hydrogen-bond acceptors (Lipinski definition) is 6. The van der Waals surface area contributed by atoms with Crippen molar-refractivity contribution < 1.29 is 14.3 Å². The van der Waals surface area contributed by atoms with Gasteiger partial charge in [0, 0.05) is 18.8 Å². The highest BCUT2D eigenvalue weighted by atomic mass is 16.5. The second-order valence-electron chi connectivity index (χ2n) is 6.55. The first-order valence-electron chi connectivity index (χ1n) is 8.36. The molecule has 134 valence electrons. The van der Waals surface area contributed by atoms with E-state index < -0.39 is 11.3 Å². The van der Waals surface area contributed by atoms with Gasteiger partial charge in [-0.25, -0.2) is 9.97 Å². The van der Waals surface area contributed by atoms with Crippen molar-refractivity contribution in [3.8, 4) is 5.75 Å². The molecule has 1 aromatic heterocycles. The Morgan fingerprint density at radius 1 is 1.31 bits per heavy atom. The molecule has 0 aliphatic carbocycles. The van der Waals surface area contributed by atoms with E-state index in [4.69, 9.17) is 10.5 Å². The van der Waals surface area contributed by atoms with E-state index in [-0.39, 0.29) is 12.5 Å². The zero-order valence-electron chi connectivity index (χ0n) is 14.4. The Hall–Kier alpha value is -3.16. The fourth-order valence-corrected chi connectivity index (χ4v) is 3.86. The number of primary amides is 1. The van der Waals surface area contributed by atoms with E-state index in [0.717, 1.165) is 11.3 Å². The molecule has 1 fully saturated rings. The Labute approximate surface area is 150 Å². The Balaban J connectivity index is 1.68. The van der Waals surface area contributed by atoms with Crippen LogP contribution in [0.15, 0.2) is 36.7 Å². The van der Waals surface area contributed by atoms with Crippen LogP contribution >= 0.6 is 0 Å². The van der Waals surface area contributed by atoms with Gasteiger partial charge in [-0.15, -0.1) is 0 Å². The topological polar surface area (TPSA) is 102 Å². The molecule has 2 aliphatic heterocycles. The van der Waals surface area contributed by atoms with Gasteiger partial charge in [-0.2, -0.15) is 0 Å². The van der Waals surface area contributed by atoms with Crippen molar-refractivity contribution in [1.29, 1.82) is 0 Å². The third-order valence-electron chi connectivity index (χ3n) is 5.08. The smallest absolute Gasteiger partial charge is 0.240 e. The number of benzene rings is 1. The van der Waals surface area contributed by atoms with E-state index in [0.29, 0.717) is 31.2 Å². The van der Waals surface area contributed by atoms with Crippen molar-refractivity contribution in [2.45, 2.75) is 11.8 Å². The first-order valence-corrected chi connectivity index (χ1v) is 8.36. The lowest BCUT2D eigenvalue weighted by molar-refractivity contribution is -0.124. The van der Waals surface area contributed by atoms with Gasteiger partial charge in [0.15, 0.2) is 5.75 Å². The normalized spacial score (nSPS) is 21.3. The SMILES string of the molecule is COc1cnc(N2CCC3(C2)C(=O)N(CC(N)=O)c2ccccc23)nc1. The lowest BCUT2D eigenvalue weighted by Gasteiger charge is -2.24. The number of methoxy groups -OCH3 is 1. The molecule has 3 heterocycles. The molecule has 26 heavy (non-hydrogen) atoms. The van der Waals surface area contributed by atoms with Crippen LogP contribution in [0.4, 0.5) is 11.6 Å².